The molecule has 3 nitrogen and oxygen atoms in total. The van der Waals surface area contributed by atoms with E-state index < -0.39 is 0 Å². The molecule has 0 saturated carbocycles. The molecule has 3 heteroatoms. The molecule has 0 bridgehead atoms. The summed E-state index contributed by atoms with van der Waals surface area (Å²) < 4.78 is 5.16. The molecule has 0 aliphatic carbocycles. The Balaban J connectivity index is 1.88. The number of carbonyl (C=O) groups excluding carboxylic acids is 1. The first kappa shape index (κ1) is 15.5. The second-order valence-electron chi connectivity index (χ2n) is 5.27. The molecular weight excluding hydrogens is 262 g/mol. The molecule has 0 aliphatic heterocycles. The van der Waals surface area contributed by atoms with Crippen LogP contribution in [-0.2, 0) is 6.54 Å². The highest BCUT2D eigenvalue weighted by Crippen LogP contribution is 2.09. The smallest absolute Gasteiger partial charge is 0.199 e. The molecule has 0 aliphatic rings. The summed E-state index contributed by atoms with van der Waals surface area (Å²) in [6.07, 6.45) is 4.37. The quantitative estimate of drug-likeness (QED) is 0.649. The van der Waals surface area contributed by atoms with Gasteiger partial charge in [-0.3, -0.25) is 9.69 Å². The summed E-state index contributed by atoms with van der Waals surface area (Å²) >= 11 is 0. The predicted molar refractivity (Wildman–Crippen MR) is 84.3 cm³/mol. The number of hydrogen-bond acceptors (Lipinski definition) is 3. The van der Waals surface area contributed by atoms with Crippen LogP contribution >= 0.6 is 0 Å². The highest BCUT2D eigenvalue weighted by molar-refractivity contribution is 5.93. The fraction of sp³-hybridized carbons (Fsp3) is 0.389. The number of unbranched alkanes of at least 4 members (excludes halogenated alkanes) is 1. The van der Waals surface area contributed by atoms with Crippen LogP contribution in [0.4, 0.5) is 0 Å². The molecule has 0 amide bonds. The average Bonchev–Trinajstić information content (AvgIpc) is 3.05. The summed E-state index contributed by atoms with van der Waals surface area (Å²) in [6, 6.07) is 13.9. The van der Waals surface area contributed by atoms with Gasteiger partial charge >= 0.3 is 0 Å². The molecule has 0 unspecified atom stereocenters. The van der Waals surface area contributed by atoms with Crippen LogP contribution in [0.5, 0.6) is 0 Å². The molecule has 21 heavy (non-hydrogen) atoms. The first-order chi connectivity index (χ1) is 10.3. The van der Waals surface area contributed by atoms with Crippen LogP contribution in [0.3, 0.4) is 0 Å². The molecule has 2 aromatic rings. The van der Waals surface area contributed by atoms with Crippen LogP contribution in [0.15, 0.2) is 53.1 Å². The molecule has 0 fully saturated rings. The molecule has 1 aromatic carbocycles. The van der Waals surface area contributed by atoms with Gasteiger partial charge < -0.3 is 4.42 Å². The normalized spacial score (nSPS) is 11.0. The third kappa shape index (κ3) is 5.20. The summed E-state index contributed by atoms with van der Waals surface area (Å²) in [6.45, 7) is 4.88. The lowest BCUT2D eigenvalue weighted by Crippen LogP contribution is -2.27. The highest BCUT2D eigenvalue weighted by atomic mass is 16.3. The summed E-state index contributed by atoms with van der Waals surface area (Å²) in [7, 11) is 0. The van der Waals surface area contributed by atoms with E-state index in [4.69, 9.17) is 4.42 Å². The zero-order valence-corrected chi connectivity index (χ0v) is 12.6. The maximum atomic E-state index is 12.0. The second kappa shape index (κ2) is 8.42. The van der Waals surface area contributed by atoms with Crippen molar-refractivity contribution >= 4 is 5.78 Å². The van der Waals surface area contributed by atoms with Crippen LogP contribution in [0.2, 0.25) is 0 Å². The number of rotatable bonds is 9. The van der Waals surface area contributed by atoms with E-state index in [-0.39, 0.29) is 5.78 Å². The first-order valence-electron chi connectivity index (χ1n) is 7.62. The van der Waals surface area contributed by atoms with Crippen molar-refractivity contribution in [1.29, 1.82) is 0 Å². The minimum atomic E-state index is 0.0783. The molecule has 1 aromatic heterocycles. The number of hydrogen-bond donors (Lipinski definition) is 0. The van der Waals surface area contributed by atoms with Gasteiger partial charge in [0.15, 0.2) is 11.5 Å². The van der Waals surface area contributed by atoms with Gasteiger partial charge in [0, 0.05) is 19.5 Å². The second-order valence-corrected chi connectivity index (χ2v) is 5.27. The van der Waals surface area contributed by atoms with Gasteiger partial charge in [0.25, 0.3) is 0 Å². The Morgan fingerprint density at radius 2 is 1.90 bits per heavy atom. The molecule has 0 atom stereocenters. The van der Waals surface area contributed by atoms with Gasteiger partial charge in [-0.2, -0.15) is 0 Å². The number of carbonyl (C=O) groups is 1. The van der Waals surface area contributed by atoms with Gasteiger partial charge in [0.05, 0.1) is 6.26 Å². The Labute approximate surface area is 126 Å². The maximum absolute atomic E-state index is 12.0. The third-order valence-electron chi connectivity index (χ3n) is 3.53. The topological polar surface area (TPSA) is 33.5 Å². The molecule has 0 saturated heterocycles. The van der Waals surface area contributed by atoms with Crippen molar-refractivity contribution in [3.63, 3.8) is 0 Å². The Morgan fingerprint density at radius 3 is 2.57 bits per heavy atom. The van der Waals surface area contributed by atoms with Crippen molar-refractivity contribution in [2.24, 2.45) is 0 Å². The average molecular weight is 285 g/mol. The maximum Gasteiger partial charge on any atom is 0.199 e. The first-order valence-corrected chi connectivity index (χ1v) is 7.62. The minimum Gasteiger partial charge on any atom is -0.461 e. The lowest BCUT2D eigenvalue weighted by molar-refractivity contribution is 0.0934. The number of furan rings is 1. The van der Waals surface area contributed by atoms with E-state index in [1.54, 1.807) is 18.4 Å². The van der Waals surface area contributed by atoms with Crippen molar-refractivity contribution in [2.45, 2.75) is 32.7 Å². The molecule has 0 N–H and O–H groups in total. The van der Waals surface area contributed by atoms with Gasteiger partial charge in [-0.25, -0.2) is 0 Å². The molecule has 112 valence electrons. The Bertz CT molecular complexity index is 519. The van der Waals surface area contributed by atoms with Crippen LogP contribution < -0.4 is 0 Å². The lowest BCUT2D eigenvalue weighted by Gasteiger charge is -2.21. The van der Waals surface area contributed by atoms with E-state index in [1.165, 1.54) is 5.56 Å². The van der Waals surface area contributed by atoms with Crippen LogP contribution in [0.25, 0.3) is 0 Å². The van der Waals surface area contributed by atoms with Gasteiger partial charge in [0.2, 0.25) is 0 Å². The van der Waals surface area contributed by atoms with Crippen molar-refractivity contribution in [2.75, 3.05) is 13.1 Å². The summed E-state index contributed by atoms with van der Waals surface area (Å²) in [5.74, 6) is 0.541. The summed E-state index contributed by atoms with van der Waals surface area (Å²) in [4.78, 5) is 14.4. The van der Waals surface area contributed by atoms with Crippen molar-refractivity contribution in [1.82, 2.24) is 4.90 Å². The lowest BCUT2D eigenvalue weighted by atomic mass is 10.1. The Morgan fingerprint density at radius 1 is 1.10 bits per heavy atom. The molecule has 2 rings (SSSR count). The van der Waals surface area contributed by atoms with Crippen LogP contribution in [0.1, 0.15) is 42.3 Å². The largest absolute Gasteiger partial charge is 0.461 e. The van der Waals surface area contributed by atoms with Gasteiger partial charge in [-0.1, -0.05) is 43.7 Å². The SMILES string of the molecule is CCCCN(CCC(=O)c1ccco1)Cc1ccccc1. The summed E-state index contributed by atoms with van der Waals surface area (Å²) in [5.41, 5.74) is 1.29. The monoisotopic (exact) mass is 285 g/mol. The van der Waals surface area contributed by atoms with E-state index in [0.717, 1.165) is 32.5 Å². The zero-order valence-electron chi connectivity index (χ0n) is 12.6. The molecule has 0 spiro atoms. The van der Waals surface area contributed by atoms with Crippen molar-refractivity contribution in [3.8, 4) is 0 Å². The van der Waals surface area contributed by atoms with Gasteiger partial charge in [0.1, 0.15) is 0 Å². The van der Waals surface area contributed by atoms with Crippen molar-refractivity contribution in [3.05, 3.63) is 60.1 Å². The molecule has 1 heterocycles. The Hall–Kier alpha value is -1.87. The van der Waals surface area contributed by atoms with Crippen LogP contribution in [-0.4, -0.2) is 23.8 Å². The fourth-order valence-corrected chi connectivity index (χ4v) is 2.31. The predicted octanol–water partition coefficient (Wildman–Crippen LogP) is 4.15. The minimum absolute atomic E-state index is 0.0783. The fourth-order valence-electron chi connectivity index (χ4n) is 2.31. The number of benzene rings is 1. The highest BCUT2D eigenvalue weighted by Gasteiger charge is 2.12. The van der Waals surface area contributed by atoms with Gasteiger partial charge in [-0.05, 0) is 30.7 Å². The zero-order chi connectivity index (χ0) is 14.9. The van der Waals surface area contributed by atoms with E-state index >= 15 is 0 Å². The van der Waals surface area contributed by atoms with E-state index in [2.05, 4.69) is 36.1 Å². The van der Waals surface area contributed by atoms with E-state index in [0.29, 0.717) is 12.2 Å². The van der Waals surface area contributed by atoms with Gasteiger partial charge in [-0.15, -0.1) is 0 Å². The van der Waals surface area contributed by atoms with E-state index in [1.807, 2.05) is 6.07 Å². The summed E-state index contributed by atoms with van der Waals surface area (Å²) in [5, 5.41) is 0. The van der Waals surface area contributed by atoms with Crippen molar-refractivity contribution < 1.29 is 9.21 Å². The van der Waals surface area contributed by atoms with Crippen LogP contribution in [0, 0.1) is 0 Å². The van der Waals surface area contributed by atoms with E-state index in [9.17, 15) is 4.79 Å². The number of ketones is 1. The number of nitrogens with zero attached hydrogens (tertiary/aromatic N) is 1. The standard InChI is InChI=1S/C18H23NO2/c1-2-3-12-19(15-16-8-5-4-6-9-16)13-11-17(20)18-10-7-14-21-18/h4-10,14H,2-3,11-13,15H2,1H3. The molecular formula is C18H23NO2. The number of Topliss-reactive ketones (excluding diaryl/α,β-unsaturated/α-hetero) is 1. The Kier molecular flexibility index (Phi) is 6.22. The molecule has 0 radical (unpaired) electrons. The third-order valence-corrected chi connectivity index (χ3v) is 3.53.